The summed E-state index contributed by atoms with van der Waals surface area (Å²) >= 11 is 5.53. The molecule has 0 aromatic heterocycles. The van der Waals surface area contributed by atoms with Gasteiger partial charge in [0.05, 0.1) is 5.02 Å². The lowest BCUT2D eigenvalue weighted by atomic mass is 10.1. The van der Waals surface area contributed by atoms with Crippen molar-refractivity contribution in [2.45, 2.75) is 12.5 Å². The fourth-order valence-corrected chi connectivity index (χ4v) is 1.24. The van der Waals surface area contributed by atoms with Gasteiger partial charge < -0.3 is 21.1 Å². The maximum atomic E-state index is 10.5. The van der Waals surface area contributed by atoms with Crippen molar-refractivity contribution in [1.29, 1.82) is 0 Å². The van der Waals surface area contributed by atoms with E-state index >= 15 is 0 Å². The van der Waals surface area contributed by atoms with Crippen molar-refractivity contribution in [2.75, 3.05) is 0 Å². The molecule has 1 rings (SSSR count). The monoisotopic (exact) mass is 231 g/mol. The molecule has 0 saturated heterocycles. The van der Waals surface area contributed by atoms with E-state index in [1.54, 1.807) is 0 Å². The van der Waals surface area contributed by atoms with E-state index < -0.39 is 23.5 Å². The van der Waals surface area contributed by atoms with E-state index in [-0.39, 0.29) is 17.0 Å². The average Bonchev–Trinajstić information content (AvgIpc) is 2.18. The number of benzene rings is 1. The van der Waals surface area contributed by atoms with E-state index in [0.29, 0.717) is 0 Å². The Morgan fingerprint density at radius 1 is 1.40 bits per heavy atom. The third-order valence-electron chi connectivity index (χ3n) is 1.94. The Morgan fingerprint density at radius 3 is 2.53 bits per heavy atom. The molecule has 0 radical (unpaired) electrons. The fraction of sp³-hybridized carbons (Fsp3) is 0.222. The van der Waals surface area contributed by atoms with Crippen LogP contribution in [-0.4, -0.2) is 27.3 Å². The number of phenolic OH excluding ortho intramolecular Hbond substituents is 2. The Labute approximate surface area is 90.7 Å². The first kappa shape index (κ1) is 11.6. The average molecular weight is 232 g/mol. The van der Waals surface area contributed by atoms with Crippen LogP contribution < -0.4 is 5.73 Å². The number of phenols is 2. The van der Waals surface area contributed by atoms with Crippen molar-refractivity contribution in [2.24, 2.45) is 5.73 Å². The highest BCUT2D eigenvalue weighted by molar-refractivity contribution is 6.32. The van der Waals surface area contributed by atoms with E-state index in [0.717, 1.165) is 0 Å². The molecule has 1 aromatic carbocycles. The molecule has 5 nitrogen and oxygen atoms in total. The zero-order chi connectivity index (χ0) is 11.6. The van der Waals surface area contributed by atoms with Crippen LogP contribution in [0.25, 0.3) is 0 Å². The number of aromatic hydroxyl groups is 2. The zero-order valence-corrected chi connectivity index (χ0v) is 8.40. The van der Waals surface area contributed by atoms with Crippen molar-refractivity contribution >= 4 is 17.6 Å². The SMILES string of the molecule is NC(Cc1ccc(Cl)c(O)c1O)C(=O)O. The number of carboxylic acid groups (broad SMARTS) is 1. The summed E-state index contributed by atoms with van der Waals surface area (Å²) < 4.78 is 0. The van der Waals surface area contributed by atoms with Gasteiger partial charge in [-0.15, -0.1) is 0 Å². The van der Waals surface area contributed by atoms with Gasteiger partial charge in [0.25, 0.3) is 0 Å². The van der Waals surface area contributed by atoms with Crippen LogP contribution in [0.5, 0.6) is 11.5 Å². The second-order valence-electron chi connectivity index (χ2n) is 3.05. The highest BCUT2D eigenvalue weighted by atomic mass is 35.5. The van der Waals surface area contributed by atoms with Crippen molar-refractivity contribution in [3.8, 4) is 11.5 Å². The van der Waals surface area contributed by atoms with E-state index in [4.69, 9.17) is 22.4 Å². The highest BCUT2D eigenvalue weighted by Gasteiger charge is 2.17. The molecule has 0 saturated carbocycles. The molecule has 0 amide bonds. The van der Waals surface area contributed by atoms with Gasteiger partial charge in [-0.1, -0.05) is 17.7 Å². The molecule has 1 unspecified atom stereocenters. The van der Waals surface area contributed by atoms with E-state index in [2.05, 4.69) is 0 Å². The summed E-state index contributed by atoms with van der Waals surface area (Å²) in [5.74, 6) is -2.07. The maximum absolute atomic E-state index is 10.5. The number of halogens is 1. The van der Waals surface area contributed by atoms with Crippen LogP contribution in [0.2, 0.25) is 5.02 Å². The van der Waals surface area contributed by atoms with Crippen LogP contribution in [-0.2, 0) is 11.2 Å². The van der Waals surface area contributed by atoms with Crippen LogP contribution in [0.15, 0.2) is 12.1 Å². The van der Waals surface area contributed by atoms with Crippen LogP contribution in [0, 0.1) is 0 Å². The summed E-state index contributed by atoms with van der Waals surface area (Å²) in [7, 11) is 0. The van der Waals surface area contributed by atoms with Crippen LogP contribution in [0.4, 0.5) is 0 Å². The number of nitrogens with two attached hydrogens (primary N) is 1. The molecule has 1 atom stereocenters. The van der Waals surface area contributed by atoms with Crippen LogP contribution >= 0.6 is 11.6 Å². The molecule has 0 aliphatic carbocycles. The predicted octanol–water partition coefficient (Wildman–Crippen LogP) is 0.706. The molecular weight excluding hydrogens is 222 g/mol. The minimum atomic E-state index is -1.18. The number of carbonyl (C=O) groups is 1. The molecule has 15 heavy (non-hydrogen) atoms. The molecular formula is C9H10ClNO4. The number of aliphatic carboxylic acids is 1. The van der Waals surface area contributed by atoms with Gasteiger partial charge in [0, 0.05) is 6.42 Å². The second kappa shape index (κ2) is 4.37. The summed E-state index contributed by atoms with van der Waals surface area (Å²) in [5.41, 5.74) is 5.52. The maximum Gasteiger partial charge on any atom is 0.320 e. The second-order valence-corrected chi connectivity index (χ2v) is 3.46. The van der Waals surface area contributed by atoms with Gasteiger partial charge in [0.1, 0.15) is 6.04 Å². The van der Waals surface area contributed by atoms with E-state index in [1.165, 1.54) is 12.1 Å². The third kappa shape index (κ3) is 2.51. The molecule has 1 aromatic rings. The van der Waals surface area contributed by atoms with Gasteiger partial charge in [0.15, 0.2) is 11.5 Å². The van der Waals surface area contributed by atoms with Gasteiger partial charge >= 0.3 is 5.97 Å². The summed E-state index contributed by atoms with van der Waals surface area (Å²) in [6, 6.07) is 1.65. The Bertz CT molecular complexity index is 394. The summed E-state index contributed by atoms with van der Waals surface area (Å²) in [6.07, 6.45) is -0.0775. The van der Waals surface area contributed by atoms with Gasteiger partial charge in [0.2, 0.25) is 0 Å². The lowest BCUT2D eigenvalue weighted by molar-refractivity contribution is -0.138. The van der Waals surface area contributed by atoms with Gasteiger partial charge in [-0.05, 0) is 11.6 Å². The van der Waals surface area contributed by atoms with Crippen molar-refractivity contribution < 1.29 is 20.1 Å². The minimum absolute atomic E-state index is 0.000136. The Morgan fingerprint density at radius 2 is 2.00 bits per heavy atom. The molecule has 0 spiro atoms. The molecule has 0 aliphatic heterocycles. The number of rotatable bonds is 3. The third-order valence-corrected chi connectivity index (χ3v) is 2.25. The quantitative estimate of drug-likeness (QED) is 0.574. The minimum Gasteiger partial charge on any atom is -0.504 e. The first-order chi connectivity index (χ1) is 6.93. The molecule has 6 heteroatoms. The highest BCUT2D eigenvalue weighted by Crippen LogP contribution is 2.36. The zero-order valence-electron chi connectivity index (χ0n) is 7.64. The molecule has 0 fully saturated rings. The van der Waals surface area contributed by atoms with Gasteiger partial charge in [-0.3, -0.25) is 4.79 Å². The largest absolute Gasteiger partial charge is 0.504 e. The van der Waals surface area contributed by atoms with Crippen molar-refractivity contribution in [1.82, 2.24) is 0 Å². The molecule has 0 heterocycles. The topological polar surface area (TPSA) is 104 Å². The standard InChI is InChI=1S/C9H10ClNO4/c10-5-2-1-4(7(12)8(5)13)3-6(11)9(14)15/h1-2,6,12-13H,3,11H2,(H,14,15). The molecule has 0 bridgehead atoms. The Kier molecular flexibility index (Phi) is 3.39. The normalized spacial score (nSPS) is 12.4. The van der Waals surface area contributed by atoms with E-state index in [1.807, 2.05) is 0 Å². The lowest BCUT2D eigenvalue weighted by Gasteiger charge is -2.09. The smallest absolute Gasteiger partial charge is 0.320 e. The van der Waals surface area contributed by atoms with Crippen LogP contribution in [0.1, 0.15) is 5.56 Å². The fourth-order valence-electron chi connectivity index (χ4n) is 1.09. The number of carboxylic acids is 1. The number of hydrogen-bond acceptors (Lipinski definition) is 4. The van der Waals surface area contributed by atoms with Crippen LogP contribution in [0.3, 0.4) is 0 Å². The Balaban J connectivity index is 2.97. The predicted molar refractivity (Wildman–Crippen MR) is 54.1 cm³/mol. The Hall–Kier alpha value is -1.46. The first-order valence-corrected chi connectivity index (χ1v) is 4.49. The first-order valence-electron chi connectivity index (χ1n) is 4.11. The van der Waals surface area contributed by atoms with Gasteiger partial charge in [-0.2, -0.15) is 0 Å². The summed E-state index contributed by atoms with van der Waals surface area (Å²) in [5, 5.41) is 27.3. The van der Waals surface area contributed by atoms with E-state index in [9.17, 15) is 15.0 Å². The summed E-state index contributed by atoms with van der Waals surface area (Å²) in [6.45, 7) is 0. The molecule has 0 aliphatic rings. The molecule has 82 valence electrons. The number of hydrogen-bond donors (Lipinski definition) is 4. The van der Waals surface area contributed by atoms with Crippen molar-refractivity contribution in [3.05, 3.63) is 22.7 Å². The molecule has 5 N–H and O–H groups in total. The summed E-state index contributed by atoms with van der Waals surface area (Å²) in [4.78, 5) is 10.5. The lowest BCUT2D eigenvalue weighted by Crippen LogP contribution is -2.32. The van der Waals surface area contributed by atoms with Gasteiger partial charge in [-0.25, -0.2) is 0 Å². The van der Waals surface area contributed by atoms with Crippen molar-refractivity contribution in [3.63, 3.8) is 0 Å².